The molecule has 0 aliphatic carbocycles. The van der Waals surface area contributed by atoms with Gasteiger partial charge in [-0.3, -0.25) is 4.98 Å². The van der Waals surface area contributed by atoms with E-state index in [0.29, 0.717) is 11.6 Å². The van der Waals surface area contributed by atoms with E-state index in [9.17, 15) is 0 Å². The molecule has 11 heavy (non-hydrogen) atoms. The summed E-state index contributed by atoms with van der Waals surface area (Å²) in [6, 6.07) is 1.88. The highest BCUT2D eigenvalue weighted by Gasteiger charge is 1.93. The molecular formula is C7H9ClN2S. The fourth-order valence-corrected chi connectivity index (χ4v) is 1.59. The van der Waals surface area contributed by atoms with Gasteiger partial charge in [0.25, 0.3) is 0 Å². The molecule has 0 spiro atoms. The summed E-state index contributed by atoms with van der Waals surface area (Å²) in [5.41, 5.74) is 5.34. The Morgan fingerprint density at radius 3 is 3.00 bits per heavy atom. The minimum Gasteiger partial charge on any atom is -0.330 e. The Bertz CT molecular complexity index is 229. The van der Waals surface area contributed by atoms with E-state index in [0.717, 1.165) is 10.6 Å². The highest BCUT2D eigenvalue weighted by atomic mass is 35.5. The minimum absolute atomic E-state index is 0.673. The molecule has 1 aromatic heterocycles. The maximum Gasteiger partial charge on any atom is 0.0600 e. The summed E-state index contributed by atoms with van der Waals surface area (Å²) in [5, 5.41) is 0.673. The Morgan fingerprint density at radius 1 is 1.55 bits per heavy atom. The maximum absolute atomic E-state index is 5.72. The first-order valence-electron chi connectivity index (χ1n) is 3.26. The van der Waals surface area contributed by atoms with Gasteiger partial charge in [-0.2, -0.15) is 0 Å². The first-order valence-corrected chi connectivity index (χ1v) is 4.62. The van der Waals surface area contributed by atoms with Gasteiger partial charge < -0.3 is 5.73 Å². The largest absolute Gasteiger partial charge is 0.330 e. The molecule has 0 aliphatic heterocycles. The third kappa shape index (κ3) is 3.10. The lowest BCUT2D eigenvalue weighted by molar-refractivity contribution is 1.14. The summed E-state index contributed by atoms with van der Waals surface area (Å²) in [4.78, 5) is 5.02. The van der Waals surface area contributed by atoms with Gasteiger partial charge in [0.1, 0.15) is 0 Å². The zero-order valence-electron chi connectivity index (χ0n) is 5.96. The Hall–Kier alpha value is -0.250. The Morgan fingerprint density at radius 2 is 2.36 bits per heavy atom. The normalized spacial score (nSPS) is 10.0. The van der Waals surface area contributed by atoms with E-state index in [1.165, 1.54) is 0 Å². The van der Waals surface area contributed by atoms with E-state index in [4.69, 9.17) is 17.3 Å². The molecule has 0 radical (unpaired) electrons. The van der Waals surface area contributed by atoms with Crippen molar-refractivity contribution >= 4 is 23.4 Å². The first kappa shape index (κ1) is 8.84. The summed E-state index contributed by atoms with van der Waals surface area (Å²) < 4.78 is 0. The van der Waals surface area contributed by atoms with E-state index in [1.54, 1.807) is 24.2 Å². The van der Waals surface area contributed by atoms with Crippen molar-refractivity contribution in [3.63, 3.8) is 0 Å². The molecule has 1 heterocycles. The average molecular weight is 189 g/mol. The third-order valence-electron chi connectivity index (χ3n) is 1.07. The Balaban J connectivity index is 2.56. The van der Waals surface area contributed by atoms with Crippen LogP contribution in [0.4, 0.5) is 0 Å². The van der Waals surface area contributed by atoms with Crippen molar-refractivity contribution in [2.45, 2.75) is 4.90 Å². The number of hydrogen-bond donors (Lipinski definition) is 1. The molecule has 0 atom stereocenters. The number of nitrogens with two attached hydrogens (primary N) is 1. The number of aromatic nitrogens is 1. The van der Waals surface area contributed by atoms with Crippen LogP contribution < -0.4 is 5.73 Å². The van der Waals surface area contributed by atoms with Gasteiger partial charge in [0.15, 0.2) is 0 Å². The van der Waals surface area contributed by atoms with Crippen molar-refractivity contribution in [1.29, 1.82) is 0 Å². The second-order valence-corrected chi connectivity index (χ2v) is 3.58. The maximum atomic E-state index is 5.72. The van der Waals surface area contributed by atoms with E-state index >= 15 is 0 Å². The first-order chi connectivity index (χ1) is 5.33. The van der Waals surface area contributed by atoms with Crippen LogP contribution >= 0.6 is 23.4 Å². The summed E-state index contributed by atoms with van der Waals surface area (Å²) in [6.07, 6.45) is 3.40. The van der Waals surface area contributed by atoms with E-state index in [-0.39, 0.29) is 0 Å². The molecule has 0 bridgehead atoms. The van der Waals surface area contributed by atoms with Crippen LogP contribution in [-0.4, -0.2) is 17.3 Å². The van der Waals surface area contributed by atoms with Gasteiger partial charge in [0.05, 0.1) is 5.02 Å². The number of hydrogen-bond acceptors (Lipinski definition) is 3. The Labute approximate surface area is 75.1 Å². The van der Waals surface area contributed by atoms with Crippen LogP contribution in [0.1, 0.15) is 0 Å². The zero-order chi connectivity index (χ0) is 8.10. The molecule has 0 amide bonds. The predicted molar refractivity (Wildman–Crippen MR) is 49.0 cm³/mol. The van der Waals surface area contributed by atoms with Gasteiger partial charge in [-0.15, -0.1) is 11.8 Å². The molecular weight excluding hydrogens is 180 g/mol. The fraction of sp³-hybridized carbons (Fsp3) is 0.286. The van der Waals surface area contributed by atoms with Crippen molar-refractivity contribution in [2.75, 3.05) is 12.3 Å². The molecule has 0 saturated carbocycles. The van der Waals surface area contributed by atoms with Crippen molar-refractivity contribution in [3.05, 3.63) is 23.5 Å². The van der Waals surface area contributed by atoms with Gasteiger partial charge >= 0.3 is 0 Å². The molecule has 0 fully saturated rings. The monoisotopic (exact) mass is 188 g/mol. The van der Waals surface area contributed by atoms with E-state index in [2.05, 4.69) is 4.98 Å². The van der Waals surface area contributed by atoms with Crippen molar-refractivity contribution in [2.24, 2.45) is 5.73 Å². The van der Waals surface area contributed by atoms with Crippen LogP contribution in [-0.2, 0) is 0 Å². The van der Waals surface area contributed by atoms with Crippen LogP contribution in [0.3, 0.4) is 0 Å². The lowest BCUT2D eigenvalue weighted by Crippen LogP contribution is -2.00. The smallest absolute Gasteiger partial charge is 0.0600 e. The van der Waals surface area contributed by atoms with Crippen LogP contribution in [0.2, 0.25) is 5.02 Å². The van der Waals surface area contributed by atoms with Crippen LogP contribution in [0.5, 0.6) is 0 Å². The summed E-state index contributed by atoms with van der Waals surface area (Å²) in [5.74, 6) is 0.905. The average Bonchev–Trinajstić information content (AvgIpc) is 2.01. The van der Waals surface area contributed by atoms with Gasteiger partial charge in [0, 0.05) is 29.6 Å². The van der Waals surface area contributed by atoms with Crippen molar-refractivity contribution < 1.29 is 0 Å². The fourth-order valence-electron chi connectivity index (χ4n) is 0.648. The molecule has 2 nitrogen and oxygen atoms in total. The van der Waals surface area contributed by atoms with Gasteiger partial charge in [-0.25, -0.2) is 0 Å². The van der Waals surface area contributed by atoms with E-state index in [1.807, 2.05) is 6.07 Å². The summed E-state index contributed by atoms with van der Waals surface area (Å²) >= 11 is 7.38. The molecule has 1 aromatic rings. The number of pyridine rings is 1. The van der Waals surface area contributed by atoms with Gasteiger partial charge in [-0.1, -0.05) is 11.6 Å². The number of thioether (sulfide) groups is 1. The lowest BCUT2D eigenvalue weighted by Gasteiger charge is -1.97. The molecule has 60 valence electrons. The molecule has 0 aliphatic rings. The third-order valence-corrected chi connectivity index (χ3v) is 2.27. The topological polar surface area (TPSA) is 38.9 Å². The molecule has 0 aromatic carbocycles. The predicted octanol–water partition coefficient (Wildman–Crippen LogP) is 1.79. The number of rotatable bonds is 3. The summed E-state index contributed by atoms with van der Waals surface area (Å²) in [6.45, 7) is 0.678. The highest BCUT2D eigenvalue weighted by Crippen LogP contribution is 2.19. The lowest BCUT2D eigenvalue weighted by atomic mass is 10.5. The molecule has 1 rings (SSSR count). The standard InChI is InChI=1S/C7H9ClN2S/c8-6-3-7(5-10-4-6)11-2-1-9/h3-5H,1-2,9H2. The number of halogens is 1. The molecule has 0 unspecified atom stereocenters. The molecule has 4 heteroatoms. The minimum atomic E-state index is 0.673. The molecule has 0 saturated heterocycles. The highest BCUT2D eigenvalue weighted by molar-refractivity contribution is 7.99. The van der Waals surface area contributed by atoms with Crippen molar-refractivity contribution in [1.82, 2.24) is 4.98 Å². The van der Waals surface area contributed by atoms with Gasteiger partial charge in [-0.05, 0) is 6.07 Å². The van der Waals surface area contributed by atoms with E-state index < -0.39 is 0 Å². The Kier molecular flexibility index (Phi) is 3.69. The van der Waals surface area contributed by atoms with Crippen LogP contribution in [0.15, 0.2) is 23.4 Å². The quantitative estimate of drug-likeness (QED) is 0.736. The number of nitrogens with zero attached hydrogens (tertiary/aromatic N) is 1. The summed E-state index contributed by atoms with van der Waals surface area (Å²) in [7, 11) is 0. The molecule has 2 N–H and O–H groups in total. The zero-order valence-corrected chi connectivity index (χ0v) is 7.53. The van der Waals surface area contributed by atoms with Crippen molar-refractivity contribution in [3.8, 4) is 0 Å². The van der Waals surface area contributed by atoms with Crippen LogP contribution in [0, 0.1) is 0 Å². The van der Waals surface area contributed by atoms with Gasteiger partial charge in [0.2, 0.25) is 0 Å². The SMILES string of the molecule is NCCSc1cncc(Cl)c1. The second kappa shape index (κ2) is 4.59. The second-order valence-electron chi connectivity index (χ2n) is 1.98. The van der Waals surface area contributed by atoms with Crippen LogP contribution in [0.25, 0.3) is 0 Å².